The minimum Gasteiger partial charge on any atom is -0.486 e. The fourth-order valence-electron chi connectivity index (χ4n) is 2.87. The molecule has 3 rings (SSSR count). The van der Waals surface area contributed by atoms with Gasteiger partial charge in [-0.2, -0.15) is 0 Å². The predicted molar refractivity (Wildman–Crippen MR) is 105 cm³/mol. The molecular weight excluding hydrogens is 326 g/mol. The van der Waals surface area contributed by atoms with Crippen LogP contribution >= 0.6 is 0 Å². The number of nitrogens with zero attached hydrogens (tertiary/aromatic N) is 1. The highest BCUT2D eigenvalue weighted by Crippen LogP contribution is 2.34. The zero-order valence-corrected chi connectivity index (χ0v) is 15.7. The van der Waals surface area contributed by atoms with E-state index in [0.717, 1.165) is 30.5 Å². The first kappa shape index (κ1) is 18.1. The zero-order chi connectivity index (χ0) is 18.4. The summed E-state index contributed by atoms with van der Waals surface area (Å²) in [6.07, 6.45) is 0. The van der Waals surface area contributed by atoms with Gasteiger partial charge in [-0.3, -0.25) is 4.99 Å². The van der Waals surface area contributed by atoms with Crippen LogP contribution in [0.5, 0.6) is 11.5 Å². The number of aliphatic imine (C=N–C) groups is 1. The maximum absolute atomic E-state index is 5.71. The quantitative estimate of drug-likeness (QED) is 0.641. The van der Waals surface area contributed by atoms with Gasteiger partial charge in [-0.25, -0.2) is 0 Å². The van der Waals surface area contributed by atoms with E-state index in [0.29, 0.717) is 13.2 Å². The molecule has 2 N–H and O–H groups in total. The van der Waals surface area contributed by atoms with Crippen molar-refractivity contribution >= 4 is 5.96 Å². The molecule has 0 fully saturated rings. The number of rotatable bonds is 5. The molecule has 26 heavy (non-hydrogen) atoms. The van der Waals surface area contributed by atoms with Crippen LogP contribution in [-0.4, -0.2) is 32.8 Å². The molecule has 0 saturated carbocycles. The van der Waals surface area contributed by atoms with Crippen molar-refractivity contribution in [1.82, 2.24) is 10.6 Å². The smallest absolute Gasteiger partial charge is 0.191 e. The monoisotopic (exact) mass is 353 g/mol. The topological polar surface area (TPSA) is 54.9 Å². The Bertz CT molecular complexity index is 757. The molecule has 0 radical (unpaired) electrons. The minimum absolute atomic E-state index is 0.0831. The fraction of sp³-hybridized carbons (Fsp3) is 0.381. The largest absolute Gasteiger partial charge is 0.486 e. The molecule has 0 spiro atoms. The molecule has 5 heteroatoms. The second-order valence-electron chi connectivity index (χ2n) is 7.01. The summed E-state index contributed by atoms with van der Waals surface area (Å²) in [6.45, 7) is 7.11. The third-order valence-electron chi connectivity index (χ3n) is 4.55. The molecule has 2 aromatic carbocycles. The molecule has 1 heterocycles. The molecule has 0 unspecified atom stereocenters. The Morgan fingerprint density at radius 1 is 1.00 bits per heavy atom. The van der Waals surface area contributed by atoms with Crippen LogP contribution < -0.4 is 20.1 Å². The van der Waals surface area contributed by atoms with E-state index < -0.39 is 0 Å². The van der Waals surface area contributed by atoms with Crippen LogP contribution in [0.25, 0.3) is 0 Å². The summed E-state index contributed by atoms with van der Waals surface area (Å²) in [5, 5.41) is 6.78. The standard InChI is InChI=1S/C21H27N3O2/c1-21(2,17-9-10-18-19(13-17)26-12-11-25-18)15-24-20(22-3)23-14-16-7-5-4-6-8-16/h4-10,13H,11-12,14-15H2,1-3H3,(H2,22,23,24). The number of nitrogens with one attached hydrogen (secondary N) is 2. The Morgan fingerprint density at radius 3 is 2.46 bits per heavy atom. The zero-order valence-electron chi connectivity index (χ0n) is 15.7. The van der Waals surface area contributed by atoms with Gasteiger partial charge in [0.2, 0.25) is 0 Å². The SMILES string of the molecule is CN=C(NCc1ccccc1)NCC(C)(C)c1ccc2c(c1)OCCO2. The Labute approximate surface area is 155 Å². The van der Waals surface area contributed by atoms with E-state index in [-0.39, 0.29) is 5.41 Å². The van der Waals surface area contributed by atoms with Gasteiger partial charge in [0, 0.05) is 25.6 Å². The van der Waals surface area contributed by atoms with Gasteiger partial charge in [0.15, 0.2) is 17.5 Å². The van der Waals surface area contributed by atoms with E-state index >= 15 is 0 Å². The summed E-state index contributed by atoms with van der Waals surface area (Å²) in [7, 11) is 1.79. The summed E-state index contributed by atoms with van der Waals surface area (Å²) in [5.41, 5.74) is 2.34. The molecule has 1 aliphatic rings. The van der Waals surface area contributed by atoms with Crippen molar-refractivity contribution in [2.75, 3.05) is 26.8 Å². The Morgan fingerprint density at radius 2 is 1.73 bits per heavy atom. The van der Waals surface area contributed by atoms with Gasteiger partial charge >= 0.3 is 0 Å². The molecule has 1 aliphatic heterocycles. The normalized spacial score (nSPS) is 14.0. The molecule has 0 aromatic heterocycles. The van der Waals surface area contributed by atoms with Crippen LogP contribution in [0, 0.1) is 0 Å². The number of guanidine groups is 1. The van der Waals surface area contributed by atoms with Gasteiger partial charge in [0.05, 0.1) is 0 Å². The highest BCUT2D eigenvalue weighted by molar-refractivity contribution is 5.79. The summed E-state index contributed by atoms with van der Waals surface area (Å²) in [5.74, 6) is 2.44. The van der Waals surface area contributed by atoms with Crippen molar-refractivity contribution < 1.29 is 9.47 Å². The molecule has 0 amide bonds. The lowest BCUT2D eigenvalue weighted by molar-refractivity contribution is 0.171. The van der Waals surface area contributed by atoms with Crippen molar-refractivity contribution in [2.45, 2.75) is 25.8 Å². The molecule has 0 atom stereocenters. The number of ether oxygens (including phenoxy) is 2. The molecule has 5 nitrogen and oxygen atoms in total. The first-order valence-electron chi connectivity index (χ1n) is 8.97. The molecule has 2 aromatic rings. The molecular formula is C21H27N3O2. The van der Waals surface area contributed by atoms with Gasteiger partial charge in [-0.1, -0.05) is 50.2 Å². The summed E-state index contributed by atoms with van der Waals surface area (Å²) < 4.78 is 11.3. The second-order valence-corrected chi connectivity index (χ2v) is 7.01. The molecule has 0 saturated heterocycles. The minimum atomic E-state index is -0.0831. The van der Waals surface area contributed by atoms with Crippen LogP contribution in [-0.2, 0) is 12.0 Å². The Balaban J connectivity index is 1.59. The third-order valence-corrected chi connectivity index (χ3v) is 4.55. The van der Waals surface area contributed by atoms with Gasteiger partial charge in [-0.15, -0.1) is 0 Å². The van der Waals surface area contributed by atoms with Crippen molar-refractivity contribution in [3.8, 4) is 11.5 Å². The van der Waals surface area contributed by atoms with Crippen molar-refractivity contribution in [3.63, 3.8) is 0 Å². The Kier molecular flexibility index (Phi) is 5.66. The van der Waals surface area contributed by atoms with Crippen LogP contribution in [0.1, 0.15) is 25.0 Å². The average molecular weight is 353 g/mol. The Hall–Kier alpha value is -2.69. The fourth-order valence-corrected chi connectivity index (χ4v) is 2.87. The van der Waals surface area contributed by atoms with Crippen LogP contribution in [0.4, 0.5) is 0 Å². The number of benzene rings is 2. The molecule has 138 valence electrons. The van der Waals surface area contributed by atoms with Crippen LogP contribution in [0.3, 0.4) is 0 Å². The van der Waals surface area contributed by atoms with E-state index in [2.05, 4.69) is 53.7 Å². The number of hydrogen-bond donors (Lipinski definition) is 2. The van der Waals surface area contributed by atoms with Crippen molar-refractivity contribution in [2.24, 2.45) is 4.99 Å². The van der Waals surface area contributed by atoms with Crippen LogP contribution in [0.15, 0.2) is 53.5 Å². The maximum atomic E-state index is 5.71. The van der Waals surface area contributed by atoms with E-state index in [4.69, 9.17) is 9.47 Å². The van der Waals surface area contributed by atoms with E-state index in [1.807, 2.05) is 24.3 Å². The molecule has 0 aliphatic carbocycles. The first-order chi connectivity index (χ1) is 12.6. The highest BCUT2D eigenvalue weighted by atomic mass is 16.6. The van der Waals surface area contributed by atoms with Gasteiger partial charge in [0.1, 0.15) is 13.2 Å². The predicted octanol–water partition coefficient (Wildman–Crippen LogP) is 3.10. The van der Waals surface area contributed by atoms with Gasteiger partial charge in [0.25, 0.3) is 0 Å². The van der Waals surface area contributed by atoms with Crippen molar-refractivity contribution in [3.05, 3.63) is 59.7 Å². The van der Waals surface area contributed by atoms with Gasteiger partial charge < -0.3 is 20.1 Å². The second kappa shape index (κ2) is 8.13. The number of fused-ring (bicyclic) bond motifs is 1. The average Bonchev–Trinajstić information content (AvgIpc) is 2.68. The third kappa shape index (κ3) is 4.48. The number of hydrogen-bond acceptors (Lipinski definition) is 3. The first-order valence-corrected chi connectivity index (χ1v) is 8.97. The van der Waals surface area contributed by atoms with Crippen LogP contribution in [0.2, 0.25) is 0 Å². The van der Waals surface area contributed by atoms with E-state index in [9.17, 15) is 0 Å². The lowest BCUT2D eigenvalue weighted by atomic mass is 9.84. The molecule has 0 bridgehead atoms. The lowest BCUT2D eigenvalue weighted by Crippen LogP contribution is -2.43. The lowest BCUT2D eigenvalue weighted by Gasteiger charge is -2.28. The highest BCUT2D eigenvalue weighted by Gasteiger charge is 2.23. The maximum Gasteiger partial charge on any atom is 0.191 e. The van der Waals surface area contributed by atoms with E-state index in [1.54, 1.807) is 7.05 Å². The van der Waals surface area contributed by atoms with Gasteiger partial charge in [-0.05, 0) is 23.3 Å². The summed E-state index contributed by atoms with van der Waals surface area (Å²) >= 11 is 0. The summed E-state index contributed by atoms with van der Waals surface area (Å²) in [4.78, 5) is 4.32. The summed E-state index contributed by atoms with van der Waals surface area (Å²) in [6, 6.07) is 16.5. The van der Waals surface area contributed by atoms with Crippen molar-refractivity contribution in [1.29, 1.82) is 0 Å². The van der Waals surface area contributed by atoms with E-state index in [1.165, 1.54) is 11.1 Å².